The quantitative estimate of drug-likeness (QED) is 0.484. The molecule has 0 atom stereocenters. The van der Waals surface area contributed by atoms with Gasteiger partial charge in [-0.15, -0.1) is 0 Å². The molecule has 0 spiro atoms. The third-order valence-corrected chi connectivity index (χ3v) is 4.40. The van der Waals surface area contributed by atoms with Crippen LogP contribution < -0.4 is 5.43 Å². The minimum absolute atomic E-state index is 0.0252. The Kier molecular flexibility index (Phi) is 3.45. The van der Waals surface area contributed by atoms with Gasteiger partial charge in [0.2, 0.25) is 0 Å². The largest absolute Gasteiger partial charge is 0.272 e. The lowest BCUT2D eigenvalue weighted by atomic mass is 10.1. The maximum atomic E-state index is 13.2. The Morgan fingerprint density at radius 2 is 2.22 bits per heavy atom. The Balaban J connectivity index is 2.54. The number of nitrogens with zero attached hydrogens (tertiary/aromatic N) is 1. The van der Waals surface area contributed by atoms with Gasteiger partial charge in [0.25, 0.3) is 0 Å². The van der Waals surface area contributed by atoms with E-state index in [0.29, 0.717) is 16.3 Å². The highest BCUT2D eigenvalue weighted by atomic mass is 32.2. The molecule has 0 unspecified atom stereocenters. The number of benzene rings is 1. The Morgan fingerprint density at radius 1 is 1.50 bits per heavy atom. The molecule has 0 saturated heterocycles. The predicted octanol–water partition coefficient (Wildman–Crippen LogP) is 1.64. The van der Waals surface area contributed by atoms with Crippen LogP contribution in [0.3, 0.4) is 0 Å². The standard InChI is InChI=1S/C11H11FN2O2S2/c1-7(17)13-14-10-4-5-18(15,16)11-3-2-8(12)6-9(10)11/h2-3,6H,4-5H2,1H3,(H,13,17)/b14-10+. The maximum absolute atomic E-state index is 13.2. The van der Waals surface area contributed by atoms with Crippen molar-refractivity contribution in [1.29, 1.82) is 0 Å². The van der Waals surface area contributed by atoms with Gasteiger partial charge in [0, 0.05) is 12.0 Å². The molecule has 0 aromatic heterocycles. The Hall–Kier alpha value is -1.34. The Morgan fingerprint density at radius 3 is 2.89 bits per heavy atom. The lowest BCUT2D eigenvalue weighted by molar-refractivity contribution is 0.592. The Labute approximate surface area is 110 Å². The molecule has 0 radical (unpaired) electrons. The highest BCUT2D eigenvalue weighted by molar-refractivity contribution is 7.91. The minimum Gasteiger partial charge on any atom is -0.272 e. The van der Waals surface area contributed by atoms with E-state index in [-0.39, 0.29) is 17.1 Å². The molecule has 0 aliphatic carbocycles. The fourth-order valence-electron chi connectivity index (χ4n) is 1.74. The second kappa shape index (κ2) is 4.74. The summed E-state index contributed by atoms with van der Waals surface area (Å²) in [7, 11) is -3.34. The van der Waals surface area contributed by atoms with Crippen molar-refractivity contribution in [1.82, 2.24) is 5.43 Å². The number of fused-ring (bicyclic) bond motifs is 1. The van der Waals surface area contributed by atoms with Gasteiger partial charge in [0.1, 0.15) is 5.82 Å². The first kappa shape index (κ1) is 13.1. The third kappa shape index (κ3) is 2.56. The molecule has 0 fully saturated rings. The summed E-state index contributed by atoms with van der Waals surface area (Å²) in [4.78, 5) is 0.589. The summed E-state index contributed by atoms with van der Waals surface area (Å²) < 4.78 is 36.9. The average Bonchev–Trinajstić information content (AvgIpc) is 2.27. The monoisotopic (exact) mass is 286 g/mol. The molecule has 1 aromatic carbocycles. The van der Waals surface area contributed by atoms with Crippen molar-refractivity contribution in [2.24, 2.45) is 5.10 Å². The van der Waals surface area contributed by atoms with Gasteiger partial charge in [-0.1, -0.05) is 12.2 Å². The zero-order valence-corrected chi connectivity index (χ0v) is 11.2. The molecule has 18 heavy (non-hydrogen) atoms. The van der Waals surface area contributed by atoms with Gasteiger partial charge in [-0.25, -0.2) is 12.8 Å². The summed E-state index contributed by atoms with van der Waals surface area (Å²) in [5.41, 5.74) is 3.42. The van der Waals surface area contributed by atoms with Gasteiger partial charge in [0.15, 0.2) is 9.84 Å². The summed E-state index contributed by atoms with van der Waals surface area (Å²) in [6, 6.07) is 3.60. The van der Waals surface area contributed by atoms with Crippen molar-refractivity contribution < 1.29 is 12.8 Å². The first-order valence-corrected chi connectivity index (χ1v) is 7.32. The van der Waals surface area contributed by atoms with E-state index in [9.17, 15) is 12.8 Å². The van der Waals surface area contributed by atoms with Crippen LogP contribution in [0.15, 0.2) is 28.2 Å². The van der Waals surface area contributed by atoms with Crippen molar-refractivity contribution in [3.63, 3.8) is 0 Å². The number of hydrogen-bond acceptors (Lipinski definition) is 4. The van der Waals surface area contributed by atoms with Crippen LogP contribution in [0.1, 0.15) is 18.9 Å². The third-order valence-electron chi connectivity index (χ3n) is 2.54. The smallest absolute Gasteiger partial charge is 0.179 e. The molecule has 1 heterocycles. The summed E-state index contributed by atoms with van der Waals surface area (Å²) >= 11 is 4.82. The van der Waals surface area contributed by atoms with Crippen molar-refractivity contribution in [3.8, 4) is 0 Å². The first-order valence-electron chi connectivity index (χ1n) is 5.26. The summed E-state index contributed by atoms with van der Waals surface area (Å²) in [5.74, 6) is -0.513. The molecule has 0 bridgehead atoms. The maximum Gasteiger partial charge on any atom is 0.179 e. The van der Waals surface area contributed by atoms with Crippen LogP contribution in [-0.4, -0.2) is 24.9 Å². The average molecular weight is 286 g/mol. The van der Waals surface area contributed by atoms with Gasteiger partial charge < -0.3 is 0 Å². The number of thiocarbonyl (C=S) groups is 1. The molecule has 7 heteroatoms. The van der Waals surface area contributed by atoms with Crippen LogP contribution in [0, 0.1) is 5.82 Å². The molecular weight excluding hydrogens is 275 g/mol. The number of halogens is 1. The van der Waals surface area contributed by atoms with Crippen LogP contribution in [0.5, 0.6) is 0 Å². The minimum atomic E-state index is -3.34. The molecule has 0 amide bonds. The molecule has 1 N–H and O–H groups in total. The van der Waals surface area contributed by atoms with Crippen LogP contribution in [-0.2, 0) is 9.84 Å². The summed E-state index contributed by atoms with van der Waals surface area (Å²) in [6.07, 6.45) is 0.244. The molecule has 1 aromatic rings. The fraction of sp³-hybridized carbons (Fsp3) is 0.273. The van der Waals surface area contributed by atoms with Crippen molar-refractivity contribution in [2.45, 2.75) is 18.2 Å². The second-order valence-electron chi connectivity index (χ2n) is 3.94. The number of hydrogen-bond donors (Lipinski definition) is 1. The van der Waals surface area contributed by atoms with E-state index in [1.54, 1.807) is 6.92 Å². The fourth-order valence-corrected chi connectivity index (χ4v) is 3.25. The van der Waals surface area contributed by atoms with Crippen molar-refractivity contribution >= 4 is 32.8 Å². The van der Waals surface area contributed by atoms with Crippen LogP contribution in [0.2, 0.25) is 0 Å². The topological polar surface area (TPSA) is 58.5 Å². The summed E-state index contributed by atoms with van der Waals surface area (Å²) in [6.45, 7) is 1.66. The molecule has 0 saturated carbocycles. The van der Waals surface area contributed by atoms with E-state index in [1.165, 1.54) is 12.1 Å². The highest BCUT2D eigenvalue weighted by Gasteiger charge is 2.28. The van der Waals surface area contributed by atoms with Gasteiger partial charge in [0.05, 0.1) is 21.3 Å². The number of nitrogens with one attached hydrogen (secondary N) is 1. The molecule has 1 aliphatic heterocycles. The molecule has 4 nitrogen and oxygen atoms in total. The van der Waals surface area contributed by atoms with E-state index in [4.69, 9.17) is 12.2 Å². The Bertz CT molecular complexity index is 638. The van der Waals surface area contributed by atoms with Crippen LogP contribution in [0.25, 0.3) is 0 Å². The zero-order chi connectivity index (χ0) is 13.3. The molecule has 2 rings (SSSR count). The zero-order valence-electron chi connectivity index (χ0n) is 9.60. The van der Waals surface area contributed by atoms with Gasteiger partial charge in [-0.3, -0.25) is 5.43 Å². The van der Waals surface area contributed by atoms with Crippen LogP contribution in [0.4, 0.5) is 4.39 Å². The van der Waals surface area contributed by atoms with E-state index in [1.807, 2.05) is 0 Å². The van der Waals surface area contributed by atoms with Crippen LogP contribution >= 0.6 is 12.2 Å². The van der Waals surface area contributed by atoms with Gasteiger partial charge in [-0.05, 0) is 25.1 Å². The summed E-state index contributed by atoms with van der Waals surface area (Å²) in [5, 5.41) is 4.03. The first-order chi connectivity index (χ1) is 8.40. The number of sulfone groups is 1. The highest BCUT2D eigenvalue weighted by Crippen LogP contribution is 2.25. The second-order valence-corrected chi connectivity index (χ2v) is 6.63. The SMILES string of the molecule is CC(=S)N/N=C1\CCS(=O)(=O)c2ccc(F)cc21. The van der Waals surface area contributed by atoms with Gasteiger partial charge in [-0.2, -0.15) is 5.10 Å². The van der Waals surface area contributed by atoms with E-state index in [0.717, 1.165) is 6.07 Å². The lowest BCUT2D eigenvalue weighted by Gasteiger charge is -2.18. The van der Waals surface area contributed by atoms with Crippen molar-refractivity contribution in [2.75, 3.05) is 5.75 Å². The number of hydrazone groups is 1. The van der Waals surface area contributed by atoms with E-state index in [2.05, 4.69) is 10.5 Å². The van der Waals surface area contributed by atoms with Crippen molar-refractivity contribution in [3.05, 3.63) is 29.6 Å². The number of rotatable bonds is 1. The molecule has 1 aliphatic rings. The predicted molar refractivity (Wildman–Crippen MR) is 71.0 cm³/mol. The molecular formula is C11H11FN2O2S2. The lowest BCUT2D eigenvalue weighted by Crippen LogP contribution is -2.25. The molecule has 96 valence electrons. The van der Waals surface area contributed by atoms with E-state index < -0.39 is 15.7 Å². The van der Waals surface area contributed by atoms with E-state index >= 15 is 0 Å². The normalized spacial score (nSPS) is 19.3. The van der Waals surface area contributed by atoms with Gasteiger partial charge >= 0.3 is 0 Å².